The second-order valence-corrected chi connectivity index (χ2v) is 6.38. The molecule has 1 fully saturated rings. The summed E-state index contributed by atoms with van der Waals surface area (Å²) in [5, 5.41) is 3.57. The van der Waals surface area contributed by atoms with Crippen molar-refractivity contribution < 1.29 is 0 Å². The standard InChI is InChI=1S/C16H34N2/c1-5-11-17-15(4)8-6-7-12-18(14(2)3)13-16-9-10-16/h14-17H,5-13H2,1-4H3. The first-order chi connectivity index (χ1) is 8.63. The fourth-order valence-corrected chi connectivity index (χ4v) is 2.45. The van der Waals surface area contributed by atoms with E-state index < -0.39 is 0 Å². The highest BCUT2D eigenvalue weighted by Gasteiger charge is 2.24. The first kappa shape index (κ1) is 16.0. The van der Waals surface area contributed by atoms with Gasteiger partial charge in [-0.1, -0.05) is 13.3 Å². The van der Waals surface area contributed by atoms with Crippen LogP contribution >= 0.6 is 0 Å². The zero-order chi connectivity index (χ0) is 13.4. The summed E-state index contributed by atoms with van der Waals surface area (Å²) in [6.45, 7) is 13.1. The third kappa shape index (κ3) is 7.38. The number of hydrogen-bond donors (Lipinski definition) is 1. The molecular weight excluding hydrogens is 220 g/mol. The molecule has 108 valence electrons. The quantitative estimate of drug-likeness (QED) is 0.566. The second kappa shape index (κ2) is 8.92. The van der Waals surface area contributed by atoms with Crippen LogP contribution in [0.1, 0.15) is 66.2 Å². The summed E-state index contributed by atoms with van der Waals surface area (Å²) >= 11 is 0. The van der Waals surface area contributed by atoms with Crippen molar-refractivity contribution in [3.8, 4) is 0 Å². The second-order valence-electron chi connectivity index (χ2n) is 6.38. The van der Waals surface area contributed by atoms with Crippen LogP contribution in [0.25, 0.3) is 0 Å². The van der Waals surface area contributed by atoms with Crippen molar-refractivity contribution in [1.29, 1.82) is 0 Å². The maximum atomic E-state index is 3.57. The van der Waals surface area contributed by atoms with Crippen LogP contribution in [0.3, 0.4) is 0 Å². The Morgan fingerprint density at radius 2 is 1.89 bits per heavy atom. The lowest BCUT2D eigenvalue weighted by Crippen LogP contribution is -2.34. The van der Waals surface area contributed by atoms with E-state index >= 15 is 0 Å². The third-order valence-corrected chi connectivity index (χ3v) is 4.00. The van der Waals surface area contributed by atoms with Crippen LogP contribution in [0.4, 0.5) is 0 Å². The summed E-state index contributed by atoms with van der Waals surface area (Å²) in [6, 6.07) is 1.42. The molecule has 0 spiro atoms. The summed E-state index contributed by atoms with van der Waals surface area (Å²) in [7, 11) is 0. The van der Waals surface area contributed by atoms with Gasteiger partial charge in [0.15, 0.2) is 0 Å². The number of hydrogen-bond acceptors (Lipinski definition) is 2. The SMILES string of the molecule is CCCNC(C)CCCCN(CC1CC1)C(C)C. The predicted molar refractivity (Wildman–Crippen MR) is 81.0 cm³/mol. The molecule has 2 heteroatoms. The van der Waals surface area contributed by atoms with Crippen molar-refractivity contribution >= 4 is 0 Å². The molecule has 0 aliphatic heterocycles. The topological polar surface area (TPSA) is 15.3 Å². The van der Waals surface area contributed by atoms with Gasteiger partial charge in [-0.25, -0.2) is 0 Å². The van der Waals surface area contributed by atoms with Gasteiger partial charge in [-0.3, -0.25) is 0 Å². The fourth-order valence-electron chi connectivity index (χ4n) is 2.45. The minimum atomic E-state index is 0.695. The molecule has 0 saturated heterocycles. The summed E-state index contributed by atoms with van der Waals surface area (Å²) in [6.07, 6.45) is 8.25. The van der Waals surface area contributed by atoms with Gasteiger partial charge in [0.05, 0.1) is 0 Å². The van der Waals surface area contributed by atoms with Gasteiger partial charge in [0.1, 0.15) is 0 Å². The number of nitrogens with one attached hydrogen (secondary N) is 1. The zero-order valence-electron chi connectivity index (χ0n) is 13.0. The average Bonchev–Trinajstić information content (AvgIpc) is 3.14. The van der Waals surface area contributed by atoms with Gasteiger partial charge < -0.3 is 10.2 Å². The summed E-state index contributed by atoms with van der Waals surface area (Å²) in [4.78, 5) is 2.68. The average molecular weight is 254 g/mol. The van der Waals surface area contributed by atoms with E-state index in [-0.39, 0.29) is 0 Å². The molecule has 0 radical (unpaired) electrons. The smallest absolute Gasteiger partial charge is 0.00387 e. The van der Waals surface area contributed by atoms with Crippen LogP contribution in [0, 0.1) is 5.92 Å². The Balaban J connectivity index is 2.03. The van der Waals surface area contributed by atoms with Gasteiger partial charge in [-0.2, -0.15) is 0 Å². The van der Waals surface area contributed by atoms with Crippen molar-refractivity contribution in [3.05, 3.63) is 0 Å². The van der Waals surface area contributed by atoms with Crippen LogP contribution in [0.2, 0.25) is 0 Å². The van der Waals surface area contributed by atoms with Crippen LogP contribution < -0.4 is 5.32 Å². The van der Waals surface area contributed by atoms with Crippen molar-refractivity contribution in [2.24, 2.45) is 5.92 Å². The summed E-state index contributed by atoms with van der Waals surface area (Å²) in [5.74, 6) is 1.03. The molecule has 1 atom stereocenters. The maximum absolute atomic E-state index is 3.57. The van der Waals surface area contributed by atoms with E-state index in [9.17, 15) is 0 Å². The minimum absolute atomic E-state index is 0.695. The van der Waals surface area contributed by atoms with Gasteiger partial charge in [0.2, 0.25) is 0 Å². The number of rotatable bonds is 11. The molecule has 0 aromatic rings. The number of unbranched alkanes of at least 4 members (excludes halogenated alkanes) is 1. The first-order valence-electron chi connectivity index (χ1n) is 8.11. The Kier molecular flexibility index (Phi) is 7.92. The van der Waals surface area contributed by atoms with Crippen LogP contribution in [0.15, 0.2) is 0 Å². The van der Waals surface area contributed by atoms with Crippen LogP contribution in [-0.2, 0) is 0 Å². The van der Waals surface area contributed by atoms with Gasteiger partial charge >= 0.3 is 0 Å². The van der Waals surface area contributed by atoms with Crippen LogP contribution in [-0.4, -0.2) is 36.6 Å². The molecule has 1 saturated carbocycles. The van der Waals surface area contributed by atoms with E-state index in [0.717, 1.165) is 12.0 Å². The fraction of sp³-hybridized carbons (Fsp3) is 1.00. The normalized spacial score (nSPS) is 17.7. The Labute approximate surface area is 115 Å². The Bertz CT molecular complexity index is 199. The van der Waals surface area contributed by atoms with E-state index in [2.05, 4.69) is 37.9 Å². The zero-order valence-corrected chi connectivity index (χ0v) is 13.0. The molecule has 1 unspecified atom stereocenters. The summed E-state index contributed by atoms with van der Waals surface area (Å²) < 4.78 is 0. The van der Waals surface area contributed by atoms with E-state index in [1.807, 2.05) is 0 Å². The predicted octanol–water partition coefficient (Wildman–Crippen LogP) is 3.67. The molecule has 0 aromatic heterocycles. The van der Waals surface area contributed by atoms with E-state index in [1.165, 1.54) is 58.2 Å². The summed E-state index contributed by atoms with van der Waals surface area (Å²) in [5.41, 5.74) is 0. The van der Waals surface area contributed by atoms with E-state index in [0.29, 0.717) is 6.04 Å². The highest BCUT2D eigenvalue weighted by molar-refractivity contribution is 4.78. The maximum Gasteiger partial charge on any atom is 0.00387 e. The van der Waals surface area contributed by atoms with Crippen LogP contribution in [0.5, 0.6) is 0 Å². The molecule has 1 rings (SSSR count). The molecule has 0 amide bonds. The molecule has 18 heavy (non-hydrogen) atoms. The molecule has 1 aliphatic carbocycles. The lowest BCUT2D eigenvalue weighted by atomic mass is 10.1. The highest BCUT2D eigenvalue weighted by atomic mass is 15.1. The molecule has 0 aromatic carbocycles. The largest absolute Gasteiger partial charge is 0.314 e. The Morgan fingerprint density at radius 1 is 1.17 bits per heavy atom. The molecular formula is C16H34N2. The minimum Gasteiger partial charge on any atom is -0.314 e. The molecule has 1 N–H and O–H groups in total. The van der Waals surface area contributed by atoms with Gasteiger partial charge in [-0.05, 0) is 71.9 Å². The van der Waals surface area contributed by atoms with Crippen molar-refractivity contribution in [3.63, 3.8) is 0 Å². The lowest BCUT2D eigenvalue weighted by molar-refractivity contribution is 0.207. The van der Waals surface area contributed by atoms with Crippen molar-refractivity contribution in [1.82, 2.24) is 10.2 Å². The molecule has 2 nitrogen and oxygen atoms in total. The monoisotopic (exact) mass is 254 g/mol. The molecule has 0 bridgehead atoms. The molecule has 0 heterocycles. The van der Waals surface area contributed by atoms with Gasteiger partial charge in [-0.15, -0.1) is 0 Å². The highest BCUT2D eigenvalue weighted by Crippen LogP contribution is 2.30. The van der Waals surface area contributed by atoms with E-state index in [4.69, 9.17) is 0 Å². The van der Waals surface area contributed by atoms with E-state index in [1.54, 1.807) is 0 Å². The van der Waals surface area contributed by atoms with Gasteiger partial charge in [0.25, 0.3) is 0 Å². The number of nitrogens with zero attached hydrogens (tertiary/aromatic N) is 1. The van der Waals surface area contributed by atoms with Crippen molar-refractivity contribution in [2.75, 3.05) is 19.6 Å². The third-order valence-electron chi connectivity index (χ3n) is 4.00. The first-order valence-corrected chi connectivity index (χ1v) is 8.11. The Morgan fingerprint density at radius 3 is 2.44 bits per heavy atom. The molecule has 1 aliphatic rings. The Hall–Kier alpha value is -0.0800. The van der Waals surface area contributed by atoms with Gasteiger partial charge in [0, 0.05) is 18.6 Å². The van der Waals surface area contributed by atoms with Crippen molar-refractivity contribution in [2.45, 2.75) is 78.3 Å². The lowest BCUT2D eigenvalue weighted by Gasteiger charge is -2.26.